The number of benzene rings is 1. The number of nitrogens with zero attached hydrogens (tertiary/aromatic N) is 2. The summed E-state index contributed by atoms with van der Waals surface area (Å²) in [7, 11) is 0. The number of hydrogen-bond donors (Lipinski definition) is 0. The Bertz CT molecular complexity index is 633. The fraction of sp³-hybridized carbons (Fsp3) is 0.308. The summed E-state index contributed by atoms with van der Waals surface area (Å²) in [6.45, 7) is 3.61. The van der Waals surface area contributed by atoms with Crippen LogP contribution in [0.3, 0.4) is 0 Å². The van der Waals surface area contributed by atoms with Gasteiger partial charge in [-0.05, 0) is 19.9 Å². The Labute approximate surface area is 104 Å². The van der Waals surface area contributed by atoms with Crippen molar-refractivity contribution < 1.29 is 9.53 Å². The highest BCUT2D eigenvalue weighted by Gasteiger charge is 2.19. The molecular weight excluding hydrogens is 232 g/mol. The Balaban J connectivity index is 2.49. The van der Waals surface area contributed by atoms with Gasteiger partial charge in [0, 0.05) is 5.39 Å². The van der Waals surface area contributed by atoms with Gasteiger partial charge in [-0.1, -0.05) is 18.2 Å². The van der Waals surface area contributed by atoms with Crippen molar-refractivity contribution in [3.63, 3.8) is 0 Å². The molecule has 0 aliphatic rings. The molecule has 0 bridgehead atoms. The van der Waals surface area contributed by atoms with Gasteiger partial charge in [-0.15, -0.1) is 0 Å². The maximum absolute atomic E-state index is 12.2. The van der Waals surface area contributed by atoms with Gasteiger partial charge in [0.05, 0.1) is 18.2 Å². The molecule has 94 valence electrons. The Morgan fingerprint density at radius 2 is 2.17 bits per heavy atom. The van der Waals surface area contributed by atoms with E-state index >= 15 is 0 Å². The van der Waals surface area contributed by atoms with E-state index in [-0.39, 0.29) is 12.2 Å². The first-order valence-corrected chi connectivity index (χ1v) is 5.78. The summed E-state index contributed by atoms with van der Waals surface area (Å²) in [4.78, 5) is 23.8. The summed E-state index contributed by atoms with van der Waals surface area (Å²) >= 11 is 0. The lowest BCUT2D eigenvalue weighted by Crippen LogP contribution is -2.31. The Morgan fingerprint density at radius 1 is 1.44 bits per heavy atom. The first-order chi connectivity index (χ1) is 8.65. The predicted octanol–water partition coefficient (Wildman–Crippen LogP) is 1.52. The molecule has 0 fully saturated rings. The minimum Gasteiger partial charge on any atom is -0.464 e. The Morgan fingerprint density at radius 3 is 2.89 bits per heavy atom. The minimum atomic E-state index is -0.720. The summed E-state index contributed by atoms with van der Waals surface area (Å²) in [5.74, 6) is -0.456. The van der Waals surface area contributed by atoms with Crippen LogP contribution in [0.5, 0.6) is 0 Å². The van der Waals surface area contributed by atoms with E-state index in [0.717, 1.165) is 10.1 Å². The van der Waals surface area contributed by atoms with Gasteiger partial charge in [0.25, 0.3) is 5.56 Å². The lowest BCUT2D eigenvalue weighted by atomic mass is 10.2. The summed E-state index contributed by atoms with van der Waals surface area (Å²) in [5, 5.41) is 5.32. The van der Waals surface area contributed by atoms with Crippen molar-refractivity contribution in [1.29, 1.82) is 0 Å². The SMILES string of the molecule is CCOC(=O)C(C)n1ncc2ccccc2c1=O. The predicted molar refractivity (Wildman–Crippen MR) is 67.3 cm³/mol. The number of ether oxygens (including phenoxy) is 1. The summed E-state index contributed by atoms with van der Waals surface area (Å²) < 4.78 is 6.04. The van der Waals surface area contributed by atoms with E-state index in [2.05, 4.69) is 5.10 Å². The smallest absolute Gasteiger partial charge is 0.330 e. The van der Waals surface area contributed by atoms with Crippen LogP contribution in [0.1, 0.15) is 19.9 Å². The number of rotatable bonds is 3. The second kappa shape index (κ2) is 5.00. The highest BCUT2D eigenvalue weighted by atomic mass is 16.5. The third-order valence-corrected chi connectivity index (χ3v) is 2.72. The van der Waals surface area contributed by atoms with Crippen molar-refractivity contribution >= 4 is 16.7 Å². The maximum Gasteiger partial charge on any atom is 0.330 e. The Hall–Kier alpha value is -2.17. The van der Waals surface area contributed by atoms with Crippen LogP contribution in [0, 0.1) is 0 Å². The molecule has 18 heavy (non-hydrogen) atoms. The lowest BCUT2D eigenvalue weighted by molar-refractivity contribution is -0.147. The molecule has 0 aliphatic carbocycles. The van der Waals surface area contributed by atoms with Gasteiger partial charge in [-0.3, -0.25) is 4.79 Å². The van der Waals surface area contributed by atoms with E-state index in [0.29, 0.717) is 5.39 Å². The standard InChI is InChI=1S/C13H14N2O3/c1-3-18-13(17)9(2)15-12(16)11-7-5-4-6-10(11)8-14-15/h4-9H,3H2,1-2H3. The molecule has 1 aromatic carbocycles. The Kier molecular flexibility index (Phi) is 3.41. The van der Waals surface area contributed by atoms with Crippen LogP contribution < -0.4 is 5.56 Å². The molecular formula is C13H14N2O3. The molecule has 0 amide bonds. The molecule has 0 spiro atoms. The second-order valence-electron chi connectivity index (χ2n) is 3.91. The van der Waals surface area contributed by atoms with Gasteiger partial charge in [-0.2, -0.15) is 5.10 Å². The molecule has 0 aliphatic heterocycles. The van der Waals surface area contributed by atoms with Crippen LogP contribution >= 0.6 is 0 Å². The molecule has 1 aromatic heterocycles. The monoisotopic (exact) mass is 246 g/mol. The largest absolute Gasteiger partial charge is 0.464 e. The van der Waals surface area contributed by atoms with Gasteiger partial charge < -0.3 is 4.74 Å². The molecule has 0 N–H and O–H groups in total. The average molecular weight is 246 g/mol. The molecule has 2 aromatic rings. The normalized spacial score (nSPS) is 12.3. The van der Waals surface area contributed by atoms with Crippen molar-refractivity contribution in [2.45, 2.75) is 19.9 Å². The second-order valence-corrected chi connectivity index (χ2v) is 3.91. The fourth-order valence-corrected chi connectivity index (χ4v) is 1.74. The molecule has 1 heterocycles. The van der Waals surface area contributed by atoms with E-state index in [1.54, 1.807) is 32.2 Å². The van der Waals surface area contributed by atoms with Gasteiger partial charge in [-0.25, -0.2) is 9.48 Å². The van der Waals surface area contributed by atoms with E-state index in [4.69, 9.17) is 4.74 Å². The minimum absolute atomic E-state index is 0.283. The van der Waals surface area contributed by atoms with E-state index in [1.807, 2.05) is 12.1 Å². The molecule has 0 saturated carbocycles. The number of esters is 1. The van der Waals surface area contributed by atoms with Crippen molar-refractivity contribution in [2.75, 3.05) is 6.61 Å². The van der Waals surface area contributed by atoms with Crippen molar-refractivity contribution in [3.8, 4) is 0 Å². The summed E-state index contributed by atoms with van der Waals surface area (Å²) in [5.41, 5.74) is -0.284. The maximum atomic E-state index is 12.2. The molecule has 1 atom stereocenters. The van der Waals surface area contributed by atoms with Crippen molar-refractivity contribution in [1.82, 2.24) is 9.78 Å². The van der Waals surface area contributed by atoms with Crippen LogP contribution in [-0.2, 0) is 9.53 Å². The lowest BCUT2D eigenvalue weighted by Gasteiger charge is -2.12. The molecule has 5 heteroatoms. The van der Waals surface area contributed by atoms with Gasteiger partial charge in [0.2, 0.25) is 0 Å². The molecule has 0 radical (unpaired) electrons. The van der Waals surface area contributed by atoms with Crippen molar-refractivity contribution in [3.05, 3.63) is 40.8 Å². The molecule has 1 unspecified atom stereocenters. The number of carbonyl (C=O) groups excluding carboxylic acids is 1. The zero-order valence-corrected chi connectivity index (χ0v) is 10.3. The van der Waals surface area contributed by atoms with Crippen LogP contribution in [0.4, 0.5) is 0 Å². The first-order valence-electron chi connectivity index (χ1n) is 5.78. The number of carbonyl (C=O) groups is 1. The fourth-order valence-electron chi connectivity index (χ4n) is 1.74. The molecule has 0 saturated heterocycles. The third-order valence-electron chi connectivity index (χ3n) is 2.72. The topological polar surface area (TPSA) is 61.2 Å². The quantitative estimate of drug-likeness (QED) is 0.770. The van der Waals surface area contributed by atoms with E-state index in [9.17, 15) is 9.59 Å². The van der Waals surface area contributed by atoms with E-state index in [1.165, 1.54) is 0 Å². The zero-order chi connectivity index (χ0) is 13.1. The van der Waals surface area contributed by atoms with Gasteiger partial charge >= 0.3 is 5.97 Å². The van der Waals surface area contributed by atoms with E-state index < -0.39 is 12.0 Å². The number of aromatic nitrogens is 2. The van der Waals surface area contributed by atoms with Crippen LogP contribution in [0.2, 0.25) is 0 Å². The highest BCUT2D eigenvalue weighted by molar-refractivity contribution is 5.81. The molecule has 2 rings (SSSR count). The average Bonchev–Trinajstić information content (AvgIpc) is 2.39. The highest BCUT2D eigenvalue weighted by Crippen LogP contribution is 2.09. The summed E-state index contributed by atoms with van der Waals surface area (Å²) in [6, 6.07) is 6.42. The van der Waals surface area contributed by atoms with Crippen LogP contribution in [-0.4, -0.2) is 22.4 Å². The third kappa shape index (κ3) is 2.11. The van der Waals surface area contributed by atoms with Crippen LogP contribution in [0.25, 0.3) is 10.8 Å². The zero-order valence-electron chi connectivity index (χ0n) is 10.3. The number of fused-ring (bicyclic) bond motifs is 1. The first kappa shape index (κ1) is 12.3. The van der Waals surface area contributed by atoms with Gasteiger partial charge in [0.1, 0.15) is 0 Å². The summed E-state index contributed by atoms with van der Waals surface area (Å²) in [6.07, 6.45) is 1.58. The number of hydrogen-bond acceptors (Lipinski definition) is 4. The van der Waals surface area contributed by atoms with Gasteiger partial charge in [0.15, 0.2) is 6.04 Å². The van der Waals surface area contributed by atoms with Crippen molar-refractivity contribution in [2.24, 2.45) is 0 Å². The van der Waals surface area contributed by atoms with Crippen LogP contribution in [0.15, 0.2) is 35.3 Å². The molecule has 5 nitrogen and oxygen atoms in total.